The van der Waals surface area contributed by atoms with Gasteiger partial charge in [-0.1, -0.05) is 29.8 Å². The molecule has 4 rings (SSSR count). The molecule has 0 saturated carbocycles. The first kappa shape index (κ1) is 31.7. The van der Waals surface area contributed by atoms with E-state index in [0.29, 0.717) is 6.54 Å². The molecule has 3 aromatic carbocycles. The van der Waals surface area contributed by atoms with Crippen LogP contribution in [-0.2, 0) is 11.3 Å². The zero-order chi connectivity index (χ0) is 30.9. The van der Waals surface area contributed by atoms with Gasteiger partial charge in [0.1, 0.15) is 0 Å². The molecule has 1 fully saturated rings. The normalized spacial score (nSPS) is 13.6. The third-order valence-corrected chi connectivity index (χ3v) is 6.38. The van der Waals surface area contributed by atoms with Crippen LogP contribution in [0.4, 0.5) is 24.5 Å². The molecular weight excluding hydrogens is 553 g/mol. The fourth-order valence-electron chi connectivity index (χ4n) is 3.99. The number of carbonyl (C=O) groups excluding carboxylic acids is 1. The number of carboxylic acid groups (broad SMARTS) is 2. The number of alkyl halides is 3. The van der Waals surface area contributed by atoms with E-state index >= 15 is 0 Å². The Hall–Kier alpha value is -4.87. The van der Waals surface area contributed by atoms with Crippen molar-refractivity contribution in [1.29, 1.82) is 0 Å². The second kappa shape index (κ2) is 14.2. The van der Waals surface area contributed by atoms with Gasteiger partial charge in [-0.05, 0) is 67.9 Å². The number of piperazine rings is 1. The molecule has 1 aliphatic rings. The lowest BCUT2D eigenvalue weighted by Gasteiger charge is -2.37. The lowest BCUT2D eigenvalue weighted by atomic mass is 10.1. The second-order valence-electron chi connectivity index (χ2n) is 9.51. The van der Waals surface area contributed by atoms with Crippen LogP contribution in [0, 0.1) is 6.92 Å². The maximum absolute atomic E-state index is 11.6. The molecule has 3 N–H and O–H groups in total. The van der Waals surface area contributed by atoms with E-state index in [9.17, 15) is 27.9 Å². The number of hydrogen-bond acceptors (Lipinski definition) is 5. The van der Waals surface area contributed by atoms with Gasteiger partial charge in [0.2, 0.25) is 0 Å². The van der Waals surface area contributed by atoms with Gasteiger partial charge in [-0.15, -0.1) is 0 Å². The largest absolute Gasteiger partial charge is 0.490 e. The van der Waals surface area contributed by atoms with E-state index < -0.39 is 18.1 Å². The average Bonchev–Trinajstić information content (AvgIpc) is 2.96. The molecule has 0 radical (unpaired) electrons. The SMILES string of the molecule is CC(=O)c1ccc(N2CCN(C(=NCc3ccc(C)cc3)Nc3ccc(C(=O)O)cc3)CC2)cc1.O=C(O)C(F)(F)F. The van der Waals surface area contributed by atoms with E-state index in [0.717, 1.165) is 54.6 Å². The van der Waals surface area contributed by atoms with E-state index in [1.54, 1.807) is 31.2 Å². The van der Waals surface area contributed by atoms with Gasteiger partial charge >= 0.3 is 18.1 Å². The third kappa shape index (κ3) is 9.36. The number of aliphatic imine (C=N–C) groups is 1. The smallest absolute Gasteiger partial charge is 0.478 e. The molecule has 0 aliphatic carbocycles. The monoisotopic (exact) mass is 584 g/mol. The minimum atomic E-state index is -5.08. The van der Waals surface area contributed by atoms with Crippen LogP contribution < -0.4 is 10.2 Å². The van der Waals surface area contributed by atoms with Crippen molar-refractivity contribution in [3.05, 3.63) is 95.1 Å². The van der Waals surface area contributed by atoms with Crippen molar-refractivity contribution < 1.29 is 37.8 Å². The van der Waals surface area contributed by atoms with Crippen LogP contribution >= 0.6 is 0 Å². The standard InChI is InChI=1S/C28H30N4O3.C2HF3O2/c1-20-3-5-22(6-4-20)19-29-28(30-25-11-7-24(8-12-25)27(34)35)32-17-15-31(16-18-32)26-13-9-23(10-14-26)21(2)33;3-2(4,5)1(6)7/h3-14H,15-19H2,1-2H3,(H,29,30)(H,34,35);(H,6,7). The summed E-state index contributed by atoms with van der Waals surface area (Å²) in [5.41, 5.74) is 5.20. The first-order valence-electron chi connectivity index (χ1n) is 12.9. The maximum atomic E-state index is 11.6. The van der Waals surface area contributed by atoms with Crippen molar-refractivity contribution in [2.45, 2.75) is 26.6 Å². The van der Waals surface area contributed by atoms with Crippen molar-refractivity contribution in [2.24, 2.45) is 4.99 Å². The molecule has 1 aliphatic heterocycles. The van der Waals surface area contributed by atoms with Gasteiger partial charge in [0, 0.05) is 43.1 Å². The first-order valence-corrected chi connectivity index (χ1v) is 12.9. The Morgan fingerprint density at radius 3 is 1.83 bits per heavy atom. The summed E-state index contributed by atoms with van der Waals surface area (Å²) >= 11 is 0. The number of guanidine groups is 1. The van der Waals surface area contributed by atoms with E-state index in [1.807, 2.05) is 24.3 Å². The minimum absolute atomic E-state index is 0.0678. The maximum Gasteiger partial charge on any atom is 0.490 e. The number of rotatable bonds is 6. The molecule has 12 heteroatoms. The van der Waals surface area contributed by atoms with Crippen molar-refractivity contribution in [1.82, 2.24) is 4.90 Å². The van der Waals surface area contributed by atoms with Gasteiger partial charge in [0.25, 0.3) is 0 Å². The third-order valence-electron chi connectivity index (χ3n) is 6.38. The van der Waals surface area contributed by atoms with Gasteiger partial charge in [-0.2, -0.15) is 13.2 Å². The quantitative estimate of drug-likeness (QED) is 0.202. The summed E-state index contributed by atoms with van der Waals surface area (Å²) in [6, 6.07) is 22.8. The number of carbonyl (C=O) groups is 3. The predicted octanol–water partition coefficient (Wildman–Crippen LogP) is 5.32. The molecule has 222 valence electrons. The Kier molecular flexibility index (Phi) is 10.7. The molecule has 1 heterocycles. The molecule has 9 nitrogen and oxygen atoms in total. The molecular formula is C30H31F3N4O5. The highest BCUT2D eigenvalue weighted by Crippen LogP contribution is 2.19. The Morgan fingerprint density at radius 2 is 1.36 bits per heavy atom. The summed E-state index contributed by atoms with van der Waals surface area (Å²) in [7, 11) is 0. The number of aliphatic carboxylic acids is 1. The summed E-state index contributed by atoms with van der Waals surface area (Å²) in [5, 5.41) is 19.7. The number of benzene rings is 3. The molecule has 0 spiro atoms. The highest BCUT2D eigenvalue weighted by molar-refractivity contribution is 5.95. The molecule has 0 atom stereocenters. The Morgan fingerprint density at radius 1 is 0.833 bits per heavy atom. The molecule has 0 bridgehead atoms. The summed E-state index contributed by atoms with van der Waals surface area (Å²) < 4.78 is 31.7. The average molecular weight is 585 g/mol. The van der Waals surface area contributed by atoms with Gasteiger partial charge in [-0.25, -0.2) is 14.6 Å². The van der Waals surface area contributed by atoms with Crippen LogP contribution in [0.3, 0.4) is 0 Å². The van der Waals surface area contributed by atoms with Gasteiger partial charge < -0.3 is 25.3 Å². The fourth-order valence-corrected chi connectivity index (χ4v) is 3.99. The number of nitrogens with zero attached hydrogens (tertiary/aromatic N) is 3. The topological polar surface area (TPSA) is 123 Å². The van der Waals surface area contributed by atoms with Crippen LogP contribution in [-0.4, -0.2) is 71.1 Å². The van der Waals surface area contributed by atoms with E-state index in [4.69, 9.17) is 14.9 Å². The number of aromatic carboxylic acids is 1. The summed E-state index contributed by atoms with van der Waals surface area (Å²) in [5.74, 6) is -2.87. The molecule has 42 heavy (non-hydrogen) atoms. The summed E-state index contributed by atoms with van der Waals surface area (Å²) in [4.78, 5) is 41.1. The van der Waals surface area contributed by atoms with Crippen molar-refractivity contribution in [3.63, 3.8) is 0 Å². The second-order valence-corrected chi connectivity index (χ2v) is 9.51. The number of hydrogen-bond donors (Lipinski definition) is 3. The van der Waals surface area contributed by atoms with Gasteiger partial charge in [0.15, 0.2) is 11.7 Å². The number of nitrogens with one attached hydrogen (secondary N) is 1. The molecule has 0 aromatic heterocycles. The van der Waals surface area contributed by atoms with Crippen molar-refractivity contribution in [2.75, 3.05) is 36.4 Å². The lowest BCUT2D eigenvalue weighted by Crippen LogP contribution is -2.50. The highest BCUT2D eigenvalue weighted by atomic mass is 19.4. The number of aryl methyl sites for hydroxylation is 1. The fraction of sp³-hybridized carbons (Fsp3) is 0.267. The van der Waals surface area contributed by atoms with Crippen molar-refractivity contribution >= 4 is 35.1 Å². The molecule has 0 unspecified atom stereocenters. The number of ketones is 1. The van der Waals surface area contributed by atoms with E-state index in [-0.39, 0.29) is 11.3 Å². The molecule has 3 aromatic rings. The van der Waals surface area contributed by atoms with Gasteiger partial charge in [-0.3, -0.25) is 4.79 Å². The first-order chi connectivity index (χ1) is 19.8. The van der Waals surface area contributed by atoms with Crippen molar-refractivity contribution in [3.8, 4) is 0 Å². The van der Waals surface area contributed by atoms with E-state index in [1.165, 1.54) is 5.56 Å². The lowest BCUT2D eigenvalue weighted by molar-refractivity contribution is -0.192. The zero-order valence-electron chi connectivity index (χ0n) is 23.1. The van der Waals surface area contributed by atoms with Crippen LogP contribution in [0.15, 0.2) is 77.8 Å². The van der Waals surface area contributed by atoms with Crippen LogP contribution in [0.1, 0.15) is 38.8 Å². The zero-order valence-corrected chi connectivity index (χ0v) is 23.1. The van der Waals surface area contributed by atoms with Crippen LogP contribution in [0.2, 0.25) is 0 Å². The minimum Gasteiger partial charge on any atom is -0.478 e. The molecule has 1 saturated heterocycles. The molecule has 0 amide bonds. The Bertz CT molecular complexity index is 1400. The Balaban J connectivity index is 0.000000616. The highest BCUT2D eigenvalue weighted by Gasteiger charge is 2.38. The summed E-state index contributed by atoms with van der Waals surface area (Å²) in [6.07, 6.45) is -5.08. The van der Waals surface area contributed by atoms with Crippen LogP contribution in [0.5, 0.6) is 0 Å². The number of anilines is 2. The predicted molar refractivity (Wildman–Crippen MR) is 153 cm³/mol. The summed E-state index contributed by atoms with van der Waals surface area (Å²) in [6.45, 7) is 7.39. The van der Waals surface area contributed by atoms with Gasteiger partial charge in [0.05, 0.1) is 12.1 Å². The Labute approximate surface area is 240 Å². The number of halogens is 3. The van der Waals surface area contributed by atoms with Crippen LogP contribution in [0.25, 0.3) is 0 Å². The number of Topliss-reactive ketones (excluding diaryl/α,β-unsaturated/α-hetero) is 1. The number of carboxylic acids is 2. The van der Waals surface area contributed by atoms with E-state index in [2.05, 4.69) is 46.3 Å².